The molecule has 0 radical (unpaired) electrons. The molecule has 0 fully saturated rings. The van der Waals surface area contributed by atoms with Crippen molar-refractivity contribution in [1.82, 2.24) is 10.2 Å². The van der Waals surface area contributed by atoms with E-state index in [4.69, 9.17) is 0 Å². The molecule has 0 saturated carbocycles. The third-order valence-corrected chi connectivity index (χ3v) is 4.75. The Morgan fingerprint density at radius 1 is 1.15 bits per heavy atom. The number of β-amino-alcohol motifs (C(OH)–C–C–N with tert-alkyl or cyclic N) is 1. The van der Waals surface area contributed by atoms with Crippen molar-refractivity contribution >= 4 is 12.2 Å². The van der Waals surface area contributed by atoms with Gasteiger partial charge in [0.25, 0.3) is 5.91 Å². The number of benzene rings is 2. The van der Waals surface area contributed by atoms with Crippen LogP contribution in [0.25, 0.3) is 0 Å². The average Bonchev–Trinajstić information content (AvgIpc) is 2.68. The number of nitrogens with zero attached hydrogens (tertiary/aromatic N) is 1. The standard InChI is InChI=1S/C21H24N2O3/c24-15-16-5-7-18(8-6-16)21(26)22-11-9-20(25)14-23-12-10-17-3-1-2-4-19(17)13-23/h1-8,15,20,25H,9-14H2,(H,22,26). The van der Waals surface area contributed by atoms with Gasteiger partial charge in [-0.25, -0.2) is 0 Å². The SMILES string of the molecule is O=Cc1ccc(C(=O)NCCC(O)CN2CCc3ccccc3C2)cc1. The number of aldehydes is 1. The monoisotopic (exact) mass is 352 g/mol. The van der Waals surface area contributed by atoms with Crippen LogP contribution in [0.4, 0.5) is 0 Å². The molecule has 0 bridgehead atoms. The molecular weight excluding hydrogens is 328 g/mol. The molecule has 1 amide bonds. The zero-order valence-corrected chi connectivity index (χ0v) is 14.7. The van der Waals surface area contributed by atoms with Crippen molar-refractivity contribution in [2.45, 2.75) is 25.5 Å². The number of amides is 1. The second-order valence-electron chi connectivity index (χ2n) is 6.69. The lowest BCUT2D eigenvalue weighted by atomic mass is 9.99. The fourth-order valence-electron chi connectivity index (χ4n) is 3.27. The lowest BCUT2D eigenvalue weighted by Crippen LogP contribution is -2.38. The first kappa shape index (κ1) is 18.3. The van der Waals surface area contributed by atoms with Gasteiger partial charge in [-0.1, -0.05) is 36.4 Å². The lowest BCUT2D eigenvalue weighted by Gasteiger charge is -2.30. The van der Waals surface area contributed by atoms with Gasteiger partial charge in [0.2, 0.25) is 0 Å². The van der Waals surface area contributed by atoms with Gasteiger partial charge in [-0.15, -0.1) is 0 Å². The van der Waals surface area contributed by atoms with Crippen LogP contribution in [0.5, 0.6) is 0 Å². The Hall–Kier alpha value is -2.50. The largest absolute Gasteiger partial charge is 0.392 e. The average molecular weight is 352 g/mol. The summed E-state index contributed by atoms with van der Waals surface area (Å²) >= 11 is 0. The summed E-state index contributed by atoms with van der Waals surface area (Å²) in [7, 11) is 0. The highest BCUT2D eigenvalue weighted by atomic mass is 16.3. The van der Waals surface area contributed by atoms with Crippen molar-refractivity contribution in [2.75, 3.05) is 19.6 Å². The summed E-state index contributed by atoms with van der Waals surface area (Å²) in [4.78, 5) is 25.0. The van der Waals surface area contributed by atoms with Crippen LogP contribution in [0, 0.1) is 0 Å². The van der Waals surface area contributed by atoms with Gasteiger partial charge in [-0.3, -0.25) is 14.5 Å². The van der Waals surface area contributed by atoms with Gasteiger partial charge < -0.3 is 10.4 Å². The number of carbonyl (C=O) groups excluding carboxylic acids is 2. The topological polar surface area (TPSA) is 69.6 Å². The van der Waals surface area contributed by atoms with Crippen molar-refractivity contribution in [3.63, 3.8) is 0 Å². The van der Waals surface area contributed by atoms with Gasteiger partial charge in [0.1, 0.15) is 6.29 Å². The van der Waals surface area contributed by atoms with Crippen molar-refractivity contribution in [1.29, 1.82) is 0 Å². The van der Waals surface area contributed by atoms with Gasteiger partial charge in [-0.2, -0.15) is 0 Å². The van der Waals surface area contributed by atoms with Crippen LogP contribution in [0.2, 0.25) is 0 Å². The third kappa shape index (κ3) is 4.77. The Morgan fingerprint density at radius 3 is 2.62 bits per heavy atom. The second-order valence-corrected chi connectivity index (χ2v) is 6.69. The molecule has 0 aromatic heterocycles. The zero-order chi connectivity index (χ0) is 18.4. The fourth-order valence-corrected chi connectivity index (χ4v) is 3.27. The predicted molar refractivity (Wildman–Crippen MR) is 100 cm³/mol. The summed E-state index contributed by atoms with van der Waals surface area (Å²) in [6.45, 7) is 2.84. The number of hydrogen-bond acceptors (Lipinski definition) is 4. The van der Waals surface area contributed by atoms with Crippen LogP contribution in [-0.4, -0.2) is 47.9 Å². The summed E-state index contributed by atoms with van der Waals surface area (Å²) in [5.74, 6) is -0.193. The highest BCUT2D eigenvalue weighted by Gasteiger charge is 2.18. The Balaban J connectivity index is 1.41. The molecule has 1 aliphatic rings. The number of aliphatic hydroxyl groups excluding tert-OH is 1. The van der Waals surface area contributed by atoms with Gasteiger partial charge >= 0.3 is 0 Å². The first-order valence-corrected chi connectivity index (χ1v) is 8.96. The molecule has 2 aromatic carbocycles. The van der Waals surface area contributed by atoms with Crippen molar-refractivity contribution in [3.05, 3.63) is 70.8 Å². The summed E-state index contributed by atoms with van der Waals surface area (Å²) in [5, 5.41) is 13.1. The molecule has 2 aromatic rings. The van der Waals surface area contributed by atoms with E-state index >= 15 is 0 Å². The van der Waals surface area contributed by atoms with E-state index in [2.05, 4.69) is 34.5 Å². The number of aliphatic hydroxyl groups is 1. The van der Waals surface area contributed by atoms with Crippen LogP contribution in [0.1, 0.15) is 38.3 Å². The van der Waals surface area contributed by atoms with E-state index in [1.807, 2.05) is 0 Å². The molecule has 3 rings (SSSR count). The molecule has 5 nitrogen and oxygen atoms in total. The molecule has 1 heterocycles. The van der Waals surface area contributed by atoms with E-state index in [9.17, 15) is 14.7 Å². The number of fused-ring (bicyclic) bond motifs is 1. The molecule has 0 aliphatic carbocycles. The van der Waals surface area contributed by atoms with Gasteiger partial charge in [0.15, 0.2) is 0 Å². The normalized spacial score (nSPS) is 15.1. The van der Waals surface area contributed by atoms with E-state index in [-0.39, 0.29) is 5.91 Å². The molecule has 0 spiro atoms. The highest BCUT2D eigenvalue weighted by Crippen LogP contribution is 2.18. The van der Waals surface area contributed by atoms with Gasteiger partial charge in [0.05, 0.1) is 6.10 Å². The quantitative estimate of drug-likeness (QED) is 0.748. The fraction of sp³-hybridized carbons (Fsp3) is 0.333. The lowest BCUT2D eigenvalue weighted by molar-refractivity contribution is 0.0892. The molecule has 1 aliphatic heterocycles. The van der Waals surface area contributed by atoms with Crippen molar-refractivity contribution in [3.8, 4) is 0 Å². The Bertz CT molecular complexity index is 758. The maximum atomic E-state index is 12.1. The first-order chi connectivity index (χ1) is 12.7. The summed E-state index contributed by atoms with van der Waals surface area (Å²) in [6, 6.07) is 14.9. The van der Waals surface area contributed by atoms with Crippen LogP contribution in [-0.2, 0) is 13.0 Å². The number of nitrogens with one attached hydrogen (secondary N) is 1. The Labute approximate surface area is 153 Å². The zero-order valence-electron chi connectivity index (χ0n) is 14.7. The third-order valence-electron chi connectivity index (χ3n) is 4.75. The van der Waals surface area contributed by atoms with Crippen molar-refractivity contribution < 1.29 is 14.7 Å². The first-order valence-electron chi connectivity index (χ1n) is 8.96. The maximum absolute atomic E-state index is 12.1. The van der Waals surface area contributed by atoms with Gasteiger partial charge in [-0.05, 0) is 36.1 Å². The van der Waals surface area contributed by atoms with E-state index in [0.29, 0.717) is 30.6 Å². The number of hydrogen-bond donors (Lipinski definition) is 2. The van der Waals surface area contributed by atoms with Crippen LogP contribution < -0.4 is 5.32 Å². The molecule has 5 heteroatoms. The maximum Gasteiger partial charge on any atom is 0.251 e. The number of rotatable bonds is 7. The Kier molecular flexibility index (Phi) is 6.15. The minimum Gasteiger partial charge on any atom is -0.392 e. The molecule has 0 saturated heterocycles. The molecule has 2 N–H and O–H groups in total. The van der Waals surface area contributed by atoms with Gasteiger partial charge in [0, 0.05) is 37.3 Å². The van der Waals surface area contributed by atoms with Crippen LogP contribution in [0.3, 0.4) is 0 Å². The molecule has 1 atom stereocenters. The minimum atomic E-state index is -0.474. The Morgan fingerprint density at radius 2 is 1.88 bits per heavy atom. The molecular formula is C21H24N2O3. The van der Waals surface area contributed by atoms with Crippen molar-refractivity contribution in [2.24, 2.45) is 0 Å². The molecule has 136 valence electrons. The molecule has 1 unspecified atom stereocenters. The predicted octanol–water partition coefficient (Wildman–Crippen LogP) is 2.04. The van der Waals surface area contributed by atoms with E-state index in [1.165, 1.54) is 11.1 Å². The minimum absolute atomic E-state index is 0.193. The van der Waals surface area contributed by atoms with Crippen LogP contribution >= 0.6 is 0 Å². The van der Waals surface area contributed by atoms with E-state index in [1.54, 1.807) is 24.3 Å². The highest BCUT2D eigenvalue weighted by molar-refractivity contribution is 5.94. The summed E-state index contributed by atoms with van der Waals surface area (Å²) in [6.07, 6.45) is 1.79. The summed E-state index contributed by atoms with van der Waals surface area (Å²) in [5.41, 5.74) is 3.78. The second kappa shape index (κ2) is 8.74. The van der Waals surface area contributed by atoms with Crippen LogP contribution in [0.15, 0.2) is 48.5 Å². The smallest absolute Gasteiger partial charge is 0.251 e. The van der Waals surface area contributed by atoms with E-state index in [0.717, 1.165) is 25.8 Å². The number of carbonyl (C=O) groups is 2. The molecule has 26 heavy (non-hydrogen) atoms. The summed E-state index contributed by atoms with van der Waals surface area (Å²) < 4.78 is 0. The van der Waals surface area contributed by atoms with E-state index < -0.39 is 6.10 Å².